The lowest BCUT2D eigenvalue weighted by atomic mass is 9.71. The Kier molecular flexibility index (Phi) is 2.19. The highest BCUT2D eigenvalue weighted by atomic mass is 16.1. The molecule has 0 amide bonds. The van der Waals surface area contributed by atoms with Gasteiger partial charge in [0.2, 0.25) is 0 Å². The number of hydrogen-bond donors (Lipinski definition) is 3. The zero-order valence-electron chi connectivity index (χ0n) is 8.34. The summed E-state index contributed by atoms with van der Waals surface area (Å²) in [5.74, 6) is 0.703. The number of nitrogens with one attached hydrogen (secondary N) is 2. The maximum Gasteiger partial charge on any atom is 0.340 e. The van der Waals surface area contributed by atoms with Crippen LogP contribution in [0.5, 0.6) is 0 Å². The molecule has 0 aliphatic heterocycles. The van der Waals surface area contributed by atoms with Crippen molar-refractivity contribution >= 4 is 0 Å². The van der Waals surface area contributed by atoms with Crippen molar-refractivity contribution in [3.63, 3.8) is 0 Å². The minimum atomic E-state index is -0.251. The standard InChI is InChI=1S/C9H16N4O/c1-9(5-3-2-4-6(9)10)7-11-8(14)13-12-7/h6H,2-5,10H2,1H3,(H2,11,12,13,14). The Bertz CT molecular complexity index is 369. The first kappa shape index (κ1) is 9.45. The molecule has 0 saturated heterocycles. The van der Waals surface area contributed by atoms with E-state index in [0.717, 1.165) is 19.3 Å². The molecule has 0 spiro atoms. The van der Waals surface area contributed by atoms with Crippen molar-refractivity contribution in [1.29, 1.82) is 0 Å². The lowest BCUT2D eigenvalue weighted by Crippen LogP contribution is -2.46. The molecule has 2 atom stereocenters. The van der Waals surface area contributed by atoms with E-state index in [-0.39, 0.29) is 17.1 Å². The molecule has 14 heavy (non-hydrogen) atoms. The quantitative estimate of drug-likeness (QED) is 0.602. The van der Waals surface area contributed by atoms with Gasteiger partial charge in [-0.1, -0.05) is 19.8 Å². The first-order valence-corrected chi connectivity index (χ1v) is 5.04. The van der Waals surface area contributed by atoms with Crippen LogP contribution in [0, 0.1) is 0 Å². The second-order valence-corrected chi connectivity index (χ2v) is 4.30. The van der Waals surface area contributed by atoms with Gasteiger partial charge in [-0.2, -0.15) is 5.10 Å². The molecule has 78 valence electrons. The molecule has 2 rings (SSSR count). The van der Waals surface area contributed by atoms with Gasteiger partial charge < -0.3 is 5.73 Å². The van der Waals surface area contributed by atoms with E-state index in [4.69, 9.17) is 5.73 Å². The van der Waals surface area contributed by atoms with Crippen molar-refractivity contribution in [2.24, 2.45) is 5.73 Å². The smallest absolute Gasteiger partial charge is 0.327 e. The molecular weight excluding hydrogens is 180 g/mol. The van der Waals surface area contributed by atoms with Gasteiger partial charge >= 0.3 is 5.69 Å². The van der Waals surface area contributed by atoms with E-state index in [9.17, 15) is 4.79 Å². The maximum absolute atomic E-state index is 11.0. The lowest BCUT2D eigenvalue weighted by molar-refractivity contribution is 0.259. The van der Waals surface area contributed by atoms with E-state index in [0.29, 0.717) is 5.82 Å². The van der Waals surface area contributed by atoms with Crippen LogP contribution in [-0.2, 0) is 5.41 Å². The van der Waals surface area contributed by atoms with Gasteiger partial charge in [0, 0.05) is 11.5 Å². The predicted molar refractivity (Wildman–Crippen MR) is 53.0 cm³/mol. The van der Waals surface area contributed by atoms with Gasteiger partial charge in [0.15, 0.2) is 0 Å². The Balaban J connectivity index is 2.34. The molecule has 0 radical (unpaired) electrons. The van der Waals surface area contributed by atoms with E-state index in [1.807, 2.05) is 0 Å². The van der Waals surface area contributed by atoms with Gasteiger partial charge in [0.25, 0.3) is 0 Å². The number of nitrogens with zero attached hydrogens (tertiary/aromatic N) is 1. The summed E-state index contributed by atoms with van der Waals surface area (Å²) < 4.78 is 0. The molecule has 4 N–H and O–H groups in total. The summed E-state index contributed by atoms with van der Waals surface area (Å²) in [5, 5.41) is 6.38. The predicted octanol–water partition coefficient (Wildman–Crippen LogP) is 0.257. The molecule has 0 aromatic carbocycles. The van der Waals surface area contributed by atoms with Crippen molar-refractivity contribution in [1.82, 2.24) is 15.2 Å². The maximum atomic E-state index is 11.0. The van der Waals surface area contributed by atoms with E-state index < -0.39 is 0 Å². The SMILES string of the molecule is CC1(c2n[nH]c(=O)[nH]2)CCCCC1N. The van der Waals surface area contributed by atoms with Crippen LogP contribution < -0.4 is 11.4 Å². The number of aromatic amines is 2. The largest absolute Gasteiger partial charge is 0.340 e. The van der Waals surface area contributed by atoms with Gasteiger partial charge in [-0.05, 0) is 12.8 Å². The number of hydrogen-bond acceptors (Lipinski definition) is 3. The molecule has 1 saturated carbocycles. The fourth-order valence-electron chi connectivity index (χ4n) is 2.20. The number of rotatable bonds is 1. The number of aromatic nitrogens is 3. The molecule has 1 aliphatic carbocycles. The summed E-state index contributed by atoms with van der Waals surface area (Å²) in [6.45, 7) is 2.07. The summed E-state index contributed by atoms with van der Waals surface area (Å²) in [4.78, 5) is 13.7. The third-order valence-electron chi connectivity index (χ3n) is 3.32. The first-order valence-electron chi connectivity index (χ1n) is 5.04. The summed E-state index contributed by atoms with van der Waals surface area (Å²) >= 11 is 0. The van der Waals surface area contributed by atoms with E-state index in [1.54, 1.807) is 0 Å². The molecule has 1 fully saturated rings. The minimum absolute atomic E-state index is 0.0928. The fraction of sp³-hybridized carbons (Fsp3) is 0.778. The van der Waals surface area contributed by atoms with Crippen LogP contribution in [0.4, 0.5) is 0 Å². The zero-order valence-corrected chi connectivity index (χ0v) is 8.34. The van der Waals surface area contributed by atoms with Crippen LogP contribution in [0.3, 0.4) is 0 Å². The van der Waals surface area contributed by atoms with Crippen LogP contribution in [0.25, 0.3) is 0 Å². The summed E-state index contributed by atoms with van der Waals surface area (Å²) in [5.41, 5.74) is 5.66. The molecule has 1 aromatic heterocycles. The van der Waals surface area contributed by atoms with Crippen LogP contribution in [0.1, 0.15) is 38.4 Å². The highest BCUT2D eigenvalue weighted by Gasteiger charge is 2.38. The normalized spacial score (nSPS) is 33.1. The highest BCUT2D eigenvalue weighted by Crippen LogP contribution is 2.35. The third-order valence-corrected chi connectivity index (χ3v) is 3.32. The monoisotopic (exact) mass is 196 g/mol. The van der Waals surface area contributed by atoms with Gasteiger partial charge in [0.1, 0.15) is 5.82 Å². The summed E-state index contributed by atoms with van der Waals surface area (Å²) in [7, 11) is 0. The molecule has 5 heteroatoms. The average Bonchev–Trinajstić information content (AvgIpc) is 2.58. The van der Waals surface area contributed by atoms with Gasteiger partial charge in [0.05, 0.1) is 0 Å². The second-order valence-electron chi connectivity index (χ2n) is 4.30. The minimum Gasteiger partial charge on any atom is -0.327 e. The summed E-state index contributed by atoms with van der Waals surface area (Å²) in [6, 6.07) is 0.0928. The van der Waals surface area contributed by atoms with Gasteiger partial charge in [-0.25, -0.2) is 9.89 Å². The Morgan fingerprint density at radius 2 is 2.36 bits per heavy atom. The van der Waals surface area contributed by atoms with Crippen molar-refractivity contribution in [3.05, 3.63) is 16.3 Å². The number of nitrogens with two attached hydrogens (primary N) is 1. The Morgan fingerprint density at radius 1 is 1.57 bits per heavy atom. The molecule has 0 bridgehead atoms. The molecule has 5 nitrogen and oxygen atoms in total. The van der Waals surface area contributed by atoms with Crippen molar-refractivity contribution < 1.29 is 0 Å². The third kappa shape index (κ3) is 1.37. The van der Waals surface area contributed by atoms with E-state index in [1.165, 1.54) is 6.42 Å². The van der Waals surface area contributed by atoms with Crippen molar-refractivity contribution in [2.75, 3.05) is 0 Å². The van der Waals surface area contributed by atoms with E-state index >= 15 is 0 Å². The Labute approximate surface area is 82.1 Å². The molecule has 1 aliphatic rings. The van der Waals surface area contributed by atoms with Crippen LogP contribution in [0.2, 0.25) is 0 Å². The molecule has 1 aromatic rings. The molecule has 2 unspecified atom stereocenters. The average molecular weight is 196 g/mol. The van der Waals surface area contributed by atoms with Crippen molar-refractivity contribution in [3.8, 4) is 0 Å². The van der Waals surface area contributed by atoms with Gasteiger partial charge in [-0.3, -0.25) is 4.98 Å². The van der Waals surface area contributed by atoms with E-state index in [2.05, 4.69) is 22.1 Å². The first-order chi connectivity index (χ1) is 6.63. The van der Waals surface area contributed by atoms with Gasteiger partial charge in [-0.15, -0.1) is 0 Å². The fourth-order valence-corrected chi connectivity index (χ4v) is 2.20. The molecule has 1 heterocycles. The summed E-state index contributed by atoms with van der Waals surface area (Å²) in [6.07, 6.45) is 4.32. The Morgan fingerprint density at radius 3 is 2.93 bits per heavy atom. The second kappa shape index (κ2) is 3.24. The van der Waals surface area contributed by atoms with Crippen molar-refractivity contribution in [2.45, 2.75) is 44.1 Å². The lowest BCUT2D eigenvalue weighted by Gasteiger charge is -2.37. The number of H-pyrrole nitrogens is 2. The van der Waals surface area contributed by atoms with Crippen LogP contribution >= 0.6 is 0 Å². The Hall–Kier alpha value is -1.10. The highest BCUT2D eigenvalue weighted by molar-refractivity contribution is 5.10. The van der Waals surface area contributed by atoms with Crippen LogP contribution in [0.15, 0.2) is 4.79 Å². The topological polar surface area (TPSA) is 87.6 Å². The zero-order chi connectivity index (χ0) is 10.2. The molecular formula is C9H16N4O. The van der Waals surface area contributed by atoms with Crippen LogP contribution in [-0.4, -0.2) is 21.2 Å².